The van der Waals surface area contributed by atoms with Gasteiger partial charge in [-0.1, -0.05) is 0 Å². The Hall–Kier alpha value is -4.52. The fourth-order valence-corrected chi connectivity index (χ4v) is 5.04. The first-order chi connectivity index (χ1) is 18.6. The average Bonchev–Trinajstić information content (AvgIpc) is 2.95. The largest absolute Gasteiger partial charge is 0.493 e. The number of hydrogen-bond donors (Lipinski definition) is 1. The van der Waals surface area contributed by atoms with E-state index < -0.39 is 34.3 Å². The van der Waals surface area contributed by atoms with Gasteiger partial charge < -0.3 is 29.0 Å². The minimum Gasteiger partial charge on any atom is -0.493 e. The number of anilines is 2. The van der Waals surface area contributed by atoms with Gasteiger partial charge in [0, 0.05) is 18.2 Å². The molecule has 208 valence electrons. The molecule has 11 nitrogen and oxygen atoms in total. The smallest absolute Gasteiger partial charge is 0.340 e. The third kappa shape index (κ3) is 6.32. The zero-order valence-corrected chi connectivity index (χ0v) is 22.6. The number of ether oxygens (including phenoxy) is 5. The molecule has 0 saturated heterocycles. The van der Waals surface area contributed by atoms with E-state index in [0.29, 0.717) is 5.75 Å². The van der Waals surface area contributed by atoms with Crippen LogP contribution in [0.1, 0.15) is 10.4 Å². The summed E-state index contributed by atoms with van der Waals surface area (Å²) in [7, 11) is 2.26. The quantitative estimate of drug-likeness (QED) is 0.349. The van der Waals surface area contributed by atoms with Crippen LogP contribution in [0, 0.1) is 5.82 Å². The number of hydrogen-bond acceptors (Lipinski definition) is 9. The summed E-state index contributed by atoms with van der Waals surface area (Å²) in [5, 5.41) is 2.53. The zero-order valence-electron chi connectivity index (χ0n) is 21.8. The van der Waals surface area contributed by atoms with Gasteiger partial charge in [-0.2, -0.15) is 0 Å². The molecule has 0 aliphatic rings. The van der Waals surface area contributed by atoms with Crippen LogP contribution in [0.5, 0.6) is 23.0 Å². The fraction of sp³-hybridized carbons (Fsp3) is 0.231. The van der Waals surface area contributed by atoms with E-state index in [-0.39, 0.29) is 39.1 Å². The lowest BCUT2D eigenvalue weighted by molar-refractivity contribution is -0.114. The molecule has 0 bridgehead atoms. The molecule has 0 spiro atoms. The van der Waals surface area contributed by atoms with Gasteiger partial charge in [0.15, 0.2) is 23.0 Å². The van der Waals surface area contributed by atoms with Crippen molar-refractivity contribution in [1.82, 2.24) is 0 Å². The predicted octanol–water partition coefficient (Wildman–Crippen LogP) is 3.48. The van der Waals surface area contributed by atoms with Crippen molar-refractivity contribution in [2.45, 2.75) is 4.90 Å². The number of carbonyl (C=O) groups is 2. The number of halogens is 1. The highest BCUT2D eigenvalue weighted by Gasteiger charge is 2.29. The lowest BCUT2D eigenvalue weighted by Gasteiger charge is -2.25. The second kappa shape index (κ2) is 12.3. The molecular weight excluding hydrogens is 535 g/mol. The highest BCUT2D eigenvalue weighted by molar-refractivity contribution is 7.92. The number of nitrogens with one attached hydrogen (secondary N) is 1. The number of esters is 1. The van der Waals surface area contributed by atoms with Gasteiger partial charge >= 0.3 is 5.97 Å². The number of nitrogens with zero attached hydrogens (tertiary/aromatic N) is 1. The van der Waals surface area contributed by atoms with Crippen molar-refractivity contribution in [3.8, 4) is 23.0 Å². The lowest BCUT2D eigenvalue weighted by Crippen LogP contribution is -2.38. The molecule has 3 aromatic carbocycles. The number of sulfonamides is 1. The molecule has 3 aromatic rings. The monoisotopic (exact) mass is 562 g/mol. The van der Waals surface area contributed by atoms with Gasteiger partial charge in [-0.3, -0.25) is 9.10 Å². The van der Waals surface area contributed by atoms with E-state index in [4.69, 9.17) is 23.7 Å². The molecule has 3 rings (SSSR count). The SMILES string of the molecule is COC(=O)c1cc(OC)c(OC)cc1NC(=O)CN(c1ccc(F)cc1)S(=O)(=O)c1ccc(OC)c(OC)c1. The zero-order chi connectivity index (χ0) is 28.7. The predicted molar refractivity (Wildman–Crippen MR) is 140 cm³/mol. The Morgan fingerprint density at radius 1 is 0.795 bits per heavy atom. The summed E-state index contributed by atoms with van der Waals surface area (Å²) in [6, 6.07) is 11.2. The minimum atomic E-state index is -4.39. The van der Waals surface area contributed by atoms with E-state index in [1.165, 1.54) is 70.9 Å². The highest BCUT2D eigenvalue weighted by atomic mass is 32.2. The standard InChI is InChI=1S/C26H27FN2O9S/c1-34-21-11-10-18(12-22(21)35-2)39(32,33)29(17-8-6-16(27)7-9-17)15-25(30)28-20-14-24(37-4)23(36-3)13-19(20)26(31)38-5/h6-14H,15H2,1-5H3,(H,28,30). The first-order valence-corrected chi connectivity index (χ1v) is 12.7. The maximum absolute atomic E-state index is 13.7. The number of rotatable bonds is 11. The average molecular weight is 563 g/mol. The van der Waals surface area contributed by atoms with Gasteiger partial charge in [-0.25, -0.2) is 17.6 Å². The lowest BCUT2D eigenvalue weighted by atomic mass is 10.1. The number of benzene rings is 3. The van der Waals surface area contributed by atoms with Crippen molar-refractivity contribution in [1.29, 1.82) is 0 Å². The van der Waals surface area contributed by atoms with Crippen LogP contribution in [-0.2, 0) is 19.6 Å². The molecule has 0 aliphatic heterocycles. The summed E-state index contributed by atoms with van der Waals surface area (Å²) in [5.74, 6) is -1.34. The van der Waals surface area contributed by atoms with Crippen molar-refractivity contribution >= 4 is 33.3 Å². The Kier molecular flexibility index (Phi) is 9.20. The van der Waals surface area contributed by atoms with Gasteiger partial charge in [0.1, 0.15) is 12.4 Å². The molecule has 0 radical (unpaired) electrons. The van der Waals surface area contributed by atoms with Crippen molar-refractivity contribution in [3.63, 3.8) is 0 Å². The highest BCUT2D eigenvalue weighted by Crippen LogP contribution is 2.35. The molecule has 0 atom stereocenters. The molecule has 13 heteroatoms. The number of methoxy groups -OCH3 is 5. The topological polar surface area (TPSA) is 130 Å². The van der Waals surface area contributed by atoms with E-state index in [1.807, 2.05) is 0 Å². The molecule has 0 fully saturated rings. The fourth-order valence-electron chi connectivity index (χ4n) is 3.61. The maximum Gasteiger partial charge on any atom is 0.340 e. The molecule has 1 N–H and O–H groups in total. The number of carbonyl (C=O) groups excluding carboxylic acids is 2. The Morgan fingerprint density at radius 3 is 1.92 bits per heavy atom. The second-order valence-corrected chi connectivity index (χ2v) is 9.66. The van der Waals surface area contributed by atoms with Crippen molar-refractivity contribution < 1.29 is 46.1 Å². The van der Waals surface area contributed by atoms with Gasteiger partial charge in [0.2, 0.25) is 5.91 Å². The normalized spacial score (nSPS) is 10.8. The van der Waals surface area contributed by atoms with Crippen LogP contribution in [0.4, 0.5) is 15.8 Å². The molecule has 39 heavy (non-hydrogen) atoms. The van der Waals surface area contributed by atoms with E-state index in [0.717, 1.165) is 23.5 Å². The van der Waals surface area contributed by atoms with E-state index in [9.17, 15) is 22.4 Å². The minimum absolute atomic E-state index is 0.00734. The van der Waals surface area contributed by atoms with Crippen LogP contribution in [-0.4, -0.2) is 62.4 Å². The van der Waals surface area contributed by atoms with Crippen LogP contribution in [0.3, 0.4) is 0 Å². The summed E-state index contributed by atoms with van der Waals surface area (Å²) in [5.41, 5.74) is -0.0477. The van der Waals surface area contributed by atoms with Crippen molar-refractivity contribution in [3.05, 3.63) is 66.0 Å². The molecule has 0 aliphatic carbocycles. The van der Waals surface area contributed by atoms with E-state index in [1.54, 1.807) is 0 Å². The Balaban J connectivity index is 2.04. The van der Waals surface area contributed by atoms with Crippen molar-refractivity contribution in [2.24, 2.45) is 0 Å². The maximum atomic E-state index is 13.7. The van der Waals surface area contributed by atoms with Crippen LogP contribution in [0.15, 0.2) is 59.5 Å². The molecular formula is C26H27FN2O9S. The molecule has 0 aromatic heterocycles. The summed E-state index contributed by atoms with van der Waals surface area (Å²) in [6.45, 7) is -0.739. The molecule has 0 heterocycles. The Morgan fingerprint density at radius 2 is 1.36 bits per heavy atom. The first kappa shape index (κ1) is 29.0. The van der Waals surface area contributed by atoms with E-state index >= 15 is 0 Å². The molecule has 1 amide bonds. The third-order valence-electron chi connectivity index (χ3n) is 5.55. The summed E-state index contributed by atoms with van der Waals surface area (Å²) in [6.07, 6.45) is 0. The summed E-state index contributed by atoms with van der Waals surface area (Å²) in [4.78, 5) is 25.4. The Bertz CT molecular complexity index is 1460. The first-order valence-electron chi connectivity index (χ1n) is 11.2. The van der Waals surface area contributed by atoms with Gasteiger partial charge in [-0.15, -0.1) is 0 Å². The van der Waals surface area contributed by atoms with Crippen molar-refractivity contribution in [2.75, 3.05) is 51.7 Å². The molecule has 0 saturated carbocycles. The number of amides is 1. The summed E-state index contributed by atoms with van der Waals surface area (Å²) >= 11 is 0. The molecule has 0 unspecified atom stereocenters. The van der Waals surface area contributed by atoms with Crippen LogP contribution in [0.25, 0.3) is 0 Å². The van der Waals surface area contributed by atoms with Crippen LogP contribution in [0.2, 0.25) is 0 Å². The second-order valence-electron chi connectivity index (χ2n) is 7.80. The van der Waals surface area contributed by atoms with Gasteiger partial charge in [0.25, 0.3) is 10.0 Å². The van der Waals surface area contributed by atoms with Gasteiger partial charge in [-0.05, 0) is 36.4 Å². The Labute approximate surface area is 225 Å². The third-order valence-corrected chi connectivity index (χ3v) is 7.32. The van der Waals surface area contributed by atoms with Crippen LogP contribution >= 0.6 is 0 Å². The van der Waals surface area contributed by atoms with E-state index in [2.05, 4.69) is 5.32 Å². The summed E-state index contributed by atoms with van der Waals surface area (Å²) < 4.78 is 67.5. The van der Waals surface area contributed by atoms with Gasteiger partial charge in [0.05, 0.1) is 57.4 Å². The van der Waals surface area contributed by atoms with Crippen LogP contribution < -0.4 is 28.6 Å².